The normalized spacial score (nSPS) is 14.6. The highest BCUT2D eigenvalue weighted by Crippen LogP contribution is 2.31. The topological polar surface area (TPSA) is 136 Å². The lowest BCUT2D eigenvalue weighted by Gasteiger charge is -2.37. The molecule has 0 aliphatic rings. The molecule has 4 atom stereocenters. The summed E-state index contributed by atoms with van der Waals surface area (Å²) in [7, 11) is 3.11. The number of nitrogens with zero attached hydrogens (tertiary/aromatic N) is 2. The van der Waals surface area contributed by atoms with Crippen LogP contribution in [0, 0.1) is 11.8 Å². The summed E-state index contributed by atoms with van der Waals surface area (Å²) in [6.45, 7) is 14.9. The fourth-order valence-electron chi connectivity index (χ4n) is 3.72. The van der Waals surface area contributed by atoms with Gasteiger partial charge in [0.2, 0.25) is 5.91 Å². The highest BCUT2D eigenvalue weighted by Gasteiger charge is 2.36. The van der Waals surface area contributed by atoms with E-state index in [0.717, 1.165) is 0 Å². The number of nitrogens with one attached hydrogen (secondary N) is 2. The third kappa shape index (κ3) is 10.1. The Morgan fingerprint density at radius 1 is 1.11 bits per heavy atom. The Bertz CT molecular complexity index is 944. The zero-order valence-electron chi connectivity index (χ0n) is 24.2. The predicted octanol–water partition coefficient (Wildman–Crippen LogP) is 4.53. The Kier molecular flexibility index (Phi) is 13.0. The number of ether oxygens (including phenoxy) is 3. The minimum Gasteiger partial charge on any atom is -0.461 e. The van der Waals surface area contributed by atoms with Gasteiger partial charge >= 0.3 is 18.2 Å². The number of thiazole rings is 1. The van der Waals surface area contributed by atoms with E-state index in [1.165, 1.54) is 18.4 Å². The fraction of sp³-hybridized carbons (Fsp3) is 0.731. The van der Waals surface area contributed by atoms with E-state index >= 15 is 0 Å². The van der Waals surface area contributed by atoms with Gasteiger partial charge in [0.1, 0.15) is 16.7 Å². The highest BCUT2D eigenvalue weighted by molar-refractivity contribution is 7.09. The Morgan fingerprint density at radius 3 is 2.24 bits per heavy atom. The molecule has 0 radical (unpaired) electrons. The molecule has 2 N–H and O–H groups in total. The van der Waals surface area contributed by atoms with Gasteiger partial charge in [0.15, 0.2) is 11.8 Å². The number of aromatic nitrogens is 1. The van der Waals surface area contributed by atoms with Crippen LogP contribution in [0.1, 0.15) is 89.8 Å². The molecule has 0 saturated carbocycles. The lowest BCUT2D eigenvalue weighted by molar-refractivity contribution is -0.137. The number of alkyl carbamates (subject to hydrolysis) is 2. The van der Waals surface area contributed by atoms with Crippen LogP contribution in [0.4, 0.5) is 9.59 Å². The molecular weight excluding hydrogens is 512 g/mol. The first kappa shape index (κ1) is 33.1. The van der Waals surface area contributed by atoms with Crippen LogP contribution >= 0.6 is 11.3 Å². The summed E-state index contributed by atoms with van der Waals surface area (Å²) in [6.07, 6.45) is -1.27. The Balaban J connectivity index is 3.26. The highest BCUT2D eigenvalue weighted by atomic mass is 32.1. The maximum Gasteiger partial charge on any atom is 0.408 e. The minimum absolute atomic E-state index is 0.0386. The molecule has 0 aliphatic carbocycles. The van der Waals surface area contributed by atoms with Gasteiger partial charge in [-0.15, -0.1) is 11.3 Å². The van der Waals surface area contributed by atoms with Crippen molar-refractivity contribution in [2.75, 3.05) is 20.7 Å². The van der Waals surface area contributed by atoms with Gasteiger partial charge in [-0.2, -0.15) is 0 Å². The first-order chi connectivity index (χ1) is 17.6. The molecule has 1 aromatic heterocycles. The number of likely N-dealkylation sites (N-methyl/N-ethyl adjacent to an activating group) is 1. The molecule has 11 nitrogen and oxygen atoms in total. The molecular formula is C26H44N4O7S. The standard InChI is InChI=1S/C26H44N4O7S/c1-11-16(5)20(29-25(34)37-26(6,7)8)22(31)30(10)18(15(3)4)13-19(36-24(33)27-9)21-28-17(14-38-21)23(32)35-12-2/h14-16,18-20H,11-13H2,1-10H3,(H,27,33)(H,29,34). The fourth-order valence-corrected chi connectivity index (χ4v) is 4.55. The van der Waals surface area contributed by atoms with Crippen LogP contribution in [0.25, 0.3) is 0 Å². The van der Waals surface area contributed by atoms with Gasteiger partial charge in [0, 0.05) is 31.9 Å². The second kappa shape index (κ2) is 14.9. The van der Waals surface area contributed by atoms with Crippen molar-refractivity contribution in [1.82, 2.24) is 20.5 Å². The SMILES string of the molecule is CCOC(=O)c1csc(C(CC(C(C)C)N(C)C(=O)C(NC(=O)OC(C)(C)C)C(C)CC)OC(=O)NC)n1. The zero-order chi connectivity index (χ0) is 29.2. The first-order valence-electron chi connectivity index (χ1n) is 12.9. The van der Waals surface area contributed by atoms with Gasteiger partial charge in [-0.05, 0) is 39.5 Å². The maximum atomic E-state index is 13.7. The molecule has 12 heteroatoms. The van der Waals surface area contributed by atoms with Crippen LogP contribution in [0.15, 0.2) is 5.38 Å². The molecule has 0 aliphatic heterocycles. The van der Waals surface area contributed by atoms with Crippen molar-refractivity contribution in [3.8, 4) is 0 Å². The Morgan fingerprint density at radius 2 is 1.74 bits per heavy atom. The molecule has 216 valence electrons. The van der Waals surface area contributed by atoms with Gasteiger partial charge in [0.25, 0.3) is 0 Å². The number of carbonyl (C=O) groups is 4. The summed E-state index contributed by atoms with van der Waals surface area (Å²) >= 11 is 1.17. The average molecular weight is 557 g/mol. The second-order valence-electron chi connectivity index (χ2n) is 10.4. The van der Waals surface area contributed by atoms with E-state index < -0.39 is 35.9 Å². The summed E-state index contributed by atoms with van der Waals surface area (Å²) in [5.74, 6) is -1.04. The van der Waals surface area contributed by atoms with E-state index in [1.807, 2.05) is 27.7 Å². The van der Waals surface area contributed by atoms with Crippen LogP contribution < -0.4 is 10.6 Å². The minimum atomic E-state index is -0.827. The van der Waals surface area contributed by atoms with Gasteiger partial charge in [0.05, 0.1) is 6.61 Å². The predicted molar refractivity (Wildman–Crippen MR) is 145 cm³/mol. The molecule has 0 fully saturated rings. The lowest BCUT2D eigenvalue weighted by atomic mass is 9.93. The van der Waals surface area contributed by atoms with Gasteiger partial charge < -0.3 is 29.7 Å². The van der Waals surface area contributed by atoms with Crippen molar-refractivity contribution in [3.63, 3.8) is 0 Å². The second-order valence-corrected chi connectivity index (χ2v) is 11.3. The summed E-state index contributed by atoms with van der Waals surface area (Å²) in [6, 6.07) is -1.20. The molecule has 1 rings (SSSR count). The quantitative estimate of drug-likeness (QED) is 0.283. The Labute approximate surface area is 230 Å². The van der Waals surface area contributed by atoms with Crippen molar-refractivity contribution >= 4 is 35.4 Å². The molecule has 0 aromatic carbocycles. The number of amides is 3. The third-order valence-electron chi connectivity index (χ3n) is 5.96. The van der Waals surface area contributed by atoms with Crippen molar-refractivity contribution in [2.45, 2.75) is 92.0 Å². The number of rotatable bonds is 12. The van der Waals surface area contributed by atoms with Crippen LogP contribution in [-0.4, -0.2) is 72.3 Å². The van der Waals surface area contributed by atoms with Gasteiger partial charge in [-0.1, -0.05) is 34.1 Å². The van der Waals surface area contributed by atoms with E-state index in [0.29, 0.717) is 11.4 Å². The smallest absolute Gasteiger partial charge is 0.408 e. The maximum absolute atomic E-state index is 13.7. The summed E-state index contributed by atoms with van der Waals surface area (Å²) in [5.41, 5.74) is -0.582. The van der Waals surface area contributed by atoms with E-state index in [9.17, 15) is 19.2 Å². The molecule has 4 unspecified atom stereocenters. The van der Waals surface area contributed by atoms with E-state index in [-0.39, 0.29) is 42.5 Å². The van der Waals surface area contributed by atoms with Crippen molar-refractivity contribution in [1.29, 1.82) is 0 Å². The third-order valence-corrected chi connectivity index (χ3v) is 6.89. The van der Waals surface area contributed by atoms with Crippen LogP contribution in [0.3, 0.4) is 0 Å². The molecule has 0 saturated heterocycles. The van der Waals surface area contributed by atoms with Crippen LogP contribution in [0.2, 0.25) is 0 Å². The summed E-state index contributed by atoms with van der Waals surface area (Å²) in [4.78, 5) is 56.5. The van der Waals surface area contributed by atoms with Crippen LogP contribution in [0.5, 0.6) is 0 Å². The average Bonchev–Trinajstić information content (AvgIpc) is 3.32. The molecule has 0 spiro atoms. The molecule has 1 aromatic rings. The van der Waals surface area contributed by atoms with Gasteiger partial charge in [-0.3, -0.25) is 4.79 Å². The van der Waals surface area contributed by atoms with E-state index in [1.54, 1.807) is 45.0 Å². The van der Waals surface area contributed by atoms with Crippen molar-refractivity contribution in [2.24, 2.45) is 11.8 Å². The zero-order valence-corrected chi connectivity index (χ0v) is 25.1. The van der Waals surface area contributed by atoms with E-state index in [2.05, 4.69) is 15.6 Å². The number of carbonyl (C=O) groups excluding carboxylic acids is 4. The Hall–Kier alpha value is -2.89. The number of esters is 1. The summed E-state index contributed by atoms with van der Waals surface area (Å²) < 4.78 is 16.0. The number of hydrogen-bond acceptors (Lipinski definition) is 9. The van der Waals surface area contributed by atoms with Gasteiger partial charge in [-0.25, -0.2) is 19.4 Å². The molecule has 3 amide bonds. The van der Waals surface area contributed by atoms with E-state index in [4.69, 9.17) is 14.2 Å². The lowest BCUT2D eigenvalue weighted by Crippen LogP contribution is -2.55. The van der Waals surface area contributed by atoms with Crippen molar-refractivity contribution < 1.29 is 33.4 Å². The number of hydrogen-bond donors (Lipinski definition) is 2. The monoisotopic (exact) mass is 556 g/mol. The van der Waals surface area contributed by atoms with Crippen molar-refractivity contribution in [3.05, 3.63) is 16.1 Å². The summed E-state index contributed by atoms with van der Waals surface area (Å²) in [5, 5.41) is 7.14. The molecule has 0 bridgehead atoms. The largest absolute Gasteiger partial charge is 0.461 e. The first-order valence-corrected chi connectivity index (χ1v) is 13.8. The molecule has 38 heavy (non-hydrogen) atoms. The molecule has 1 heterocycles. The van der Waals surface area contributed by atoms with Crippen LogP contribution in [-0.2, 0) is 19.0 Å².